The Morgan fingerprint density at radius 3 is 2.90 bits per heavy atom. The first-order chi connectivity index (χ1) is 9.88. The Morgan fingerprint density at radius 2 is 2.29 bits per heavy atom. The molecule has 112 valence electrons. The highest BCUT2D eigenvalue weighted by Gasteiger charge is 2.34. The molecule has 1 amide bonds. The molecular weight excluding hydrogens is 296 g/mol. The third-order valence-electron chi connectivity index (χ3n) is 3.17. The lowest BCUT2D eigenvalue weighted by molar-refractivity contribution is -0.384. The number of thioether (sulfide) groups is 1. The predicted molar refractivity (Wildman–Crippen MR) is 78.4 cm³/mol. The molecule has 2 rings (SSSR count). The maximum atomic E-state index is 12.0. The molecule has 1 heterocycles. The van der Waals surface area contributed by atoms with Gasteiger partial charge in [-0.1, -0.05) is 11.8 Å². The van der Waals surface area contributed by atoms with Crippen molar-refractivity contribution in [3.8, 4) is 5.75 Å². The second-order valence-corrected chi connectivity index (χ2v) is 6.00. The summed E-state index contributed by atoms with van der Waals surface area (Å²) in [4.78, 5) is 34.8. The van der Waals surface area contributed by atoms with Crippen LogP contribution in [0.3, 0.4) is 0 Å². The van der Waals surface area contributed by atoms with E-state index in [-0.39, 0.29) is 40.5 Å². The van der Waals surface area contributed by atoms with Gasteiger partial charge in [-0.15, -0.1) is 0 Å². The summed E-state index contributed by atoms with van der Waals surface area (Å²) in [5.41, 5.74) is -0.124. The molecule has 1 aromatic rings. The van der Waals surface area contributed by atoms with Crippen molar-refractivity contribution >= 4 is 34.2 Å². The lowest BCUT2D eigenvalue weighted by Gasteiger charge is -2.16. The van der Waals surface area contributed by atoms with Crippen molar-refractivity contribution in [2.45, 2.75) is 13.3 Å². The van der Waals surface area contributed by atoms with Crippen LogP contribution in [0.1, 0.15) is 13.3 Å². The van der Waals surface area contributed by atoms with Crippen LogP contribution in [-0.4, -0.2) is 33.3 Å². The maximum Gasteiger partial charge on any atom is 0.296 e. The van der Waals surface area contributed by atoms with Crippen LogP contribution in [0, 0.1) is 16.0 Å². The number of nitrogens with zero attached hydrogens (tertiary/aromatic N) is 2. The van der Waals surface area contributed by atoms with Gasteiger partial charge in [0.1, 0.15) is 11.4 Å². The minimum Gasteiger partial charge on any atom is -0.508 e. The van der Waals surface area contributed by atoms with Gasteiger partial charge in [-0.3, -0.25) is 19.7 Å². The predicted octanol–water partition coefficient (Wildman–Crippen LogP) is 1.93. The van der Waals surface area contributed by atoms with Crippen LogP contribution < -0.4 is 4.90 Å². The van der Waals surface area contributed by atoms with Gasteiger partial charge in [-0.25, -0.2) is 0 Å². The third-order valence-corrected chi connectivity index (χ3v) is 4.22. The molecule has 0 aromatic heterocycles. The van der Waals surface area contributed by atoms with E-state index in [1.807, 2.05) is 0 Å². The van der Waals surface area contributed by atoms with Gasteiger partial charge >= 0.3 is 0 Å². The highest BCUT2D eigenvalue weighted by Crippen LogP contribution is 2.35. The van der Waals surface area contributed by atoms with E-state index in [0.29, 0.717) is 12.3 Å². The van der Waals surface area contributed by atoms with E-state index in [1.165, 1.54) is 24.0 Å². The Morgan fingerprint density at radius 1 is 1.57 bits per heavy atom. The van der Waals surface area contributed by atoms with Crippen molar-refractivity contribution in [3.05, 3.63) is 28.3 Å². The standard InChI is InChI=1S/C13H14N2O5S/c1-8(16)21-7-9-4-13(18)14(6-9)11-3-2-10(17)5-12(11)15(19)20/h2-3,5,9,17H,4,6-7H2,1H3. The Kier molecular flexibility index (Phi) is 4.46. The summed E-state index contributed by atoms with van der Waals surface area (Å²) in [6, 6.07) is 3.71. The zero-order valence-electron chi connectivity index (χ0n) is 11.3. The summed E-state index contributed by atoms with van der Waals surface area (Å²) in [5, 5.41) is 20.4. The van der Waals surface area contributed by atoms with E-state index in [1.54, 1.807) is 0 Å². The molecule has 1 atom stereocenters. The number of amides is 1. The van der Waals surface area contributed by atoms with Crippen LogP contribution in [0.4, 0.5) is 11.4 Å². The number of carbonyl (C=O) groups excluding carboxylic acids is 2. The highest BCUT2D eigenvalue weighted by molar-refractivity contribution is 8.13. The number of hydrogen-bond acceptors (Lipinski definition) is 6. The van der Waals surface area contributed by atoms with Gasteiger partial charge in [-0.2, -0.15) is 0 Å². The molecule has 1 fully saturated rings. The molecule has 7 nitrogen and oxygen atoms in total. The van der Waals surface area contributed by atoms with E-state index in [0.717, 1.165) is 17.8 Å². The average molecular weight is 310 g/mol. The third kappa shape index (κ3) is 3.52. The Labute approximate surface area is 125 Å². The molecule has 8 heteroatoms. The van der Waals surface area contributed by atoms with Gasteiger partial charge in [-0.05, 0) is 18.1 Å². The zero-order valence-corrected chi connectivity index (χ0v) is 12.1. The van der Waals surface area contributed by atoms with Crippen LogP contribution in [0.25, 0.3) is 0 Å². The topological polar surface area (TPSA) is 101 Å². The minimum absolute atomic E-state index is 0.0141. The lowest BCUT2D eigenvalue weighted by atomic mass is 10.1. The van der Waals surface area contributed by atoms with Crippen molar-refractivity contribution in [1.82, 2.24) is 0 Å². The van der Waals surface area contributed by atoms with E-state index in [9.17, 15) is 24.8 Å². The molecule has 0 spiro atoms. The first kappa shape index (κ1) is 15.3. The quantitative estimate of drug-likeness (QED) is 0.673. The number of nitro groups is 1. The summed E-state index contributed by atoms with van der Waals surface area (Å²) in [7, 11) is 0. The number of carbonyl (C=O) groups is 2. The molecule has 0 aliphatic carbocycles. The van der Waals surface area contributed by atoms with Gasteiger partial charge in [0.15, 0.2) is 5.12 Å². The van der Waals surface area contributed by atoms with Crippen molar-refractivity contribution in [2.24, 2.45) is 5.92 Å². The molecule has 1 aliphatic heterocycles. The second kappa shape index (κ2) is 6.13. The fourth-order valence-electron chi connectivity index (χ4n) is 2.25. The maximum absolute atomic E-state index is 12.0. The van der Waals surface area contributed by atoms with Crippen LogP contribution in [0.5, 0.6) is 5.75 Å². The molecule has 1 saturated heterocycles. The number of phenols is 1. The number of rotatable bonds is 4. The Bertz CT molecular complexity index is 604. The normalized spacial score (nSPS) is 18.0. The summed E-state index contributed by atoms with van der Waals surface area (Å²) in [5.74, 6) is 0.0715. The second-order valence-electron chi connectivity index (χ2n) is 4.81. The molecule has 0 radical (unpaired) electrons. The number of anilines is 1. The lowest BCUT2D eigenvalue weighted by Crippen LogP contribution is -2.25. The number of hydrogen-bond donors (Lipinski definition) is 1. The van der Waals surface area contributed by atoms with Gasteiger partial charge in [0, 0.05) is 25.6 Å². The molecule has 0 saturated carbocycles. The van der Waals surface area contributed by atoms with Crippen molar-refractivity contribution < 1.29 is 19.6 Å². The number of aromatic hydroxyl groups is 1. The number of benzene rings is 1. The molecule has 21 heavy (non-hydrogen) atoms. The van der Waals surface area contributed by atoms with Gasteiger partial charge in [0.25, 0.3) is 5.69 Å². The first-order valence-electron chi connectivity index (χ1n) is 6.29. The SMILES string of the molecule is CC(=O)SCC1CC(=O)N(c2ccc(O)cc2[N+](=O)[O-])C1. The fraction of sp³-hybridized carbons (Fsp3) is 0.385. The molecule has 0 bridgehead atoms. The van der Waals surface area contributed by atoms with Gasteiger partial charge < -0.3 is 10.0 Å². The summed E-state index contributed by atoms with van der Waals surface area (Å²) in [6.07, 6.45) is 0.262. The number of nitro benzene ring substituents is 1. The van der Waals surface area contributed by atoms with Crippen LogP contribution in [0.15, 0.2) is 18.2 Å². The Balaban J connectivity index is 2.21. The van der Waals surface area contributed by atoms with E-state index >= 15 is 0 Å². The molecule has 1 aliphatic rings. The summed E-state index contributed by atoms with van der Waals surface area (Å²) in [6.45, 7) is 1.80. The Hall–Kier alpha value is -2.09. The van der Waals surface area contributed by atoms with Crippen LogP contribution in [0.2, 0.25) is 0 Å². The van der Waals surface area contributed by atoms with E-state index < -0.39 is 4.92 Å². The number of phenolic OH excluding ortho intramolecular Hbond substituents is 1. The largest absolute Gasteiger partial charge is 0.508 e. The molecule has 1 N–H and O–H groups in total. The van der Waals surface area contributed by atoms with Crippen LogP contribution in [-0.2, 0) is 9.59 Å². The van der Waals surface area contributed by atoms with E-state index in [4.69, 9.17) is 0 Å². The fourth-order valence-corrected chi connectivity index (χ4v) is 2.94. The zero-order chi connectivity index (χ0) is 15.6. The van der Waals surface area contributed by atoms with Gasteiger partial charge in [0.2, 0.25) is 5.91 Å². The summed E-state index contributed by atoms with van der Waals surface area (Å²) >= 11 is 1.15. The molecule has 1 unspecified atom stereocenters. The first-order valence-corrected chi connectivity index (χ1v) is 7.28. The van der Waals surface area contributed by atoms with E-state index in [2.05, 4.69) is 0 Å². The van der Waals surface area contributed by atoms with Crippen LogP contribution >= 0.6 is 11.8 Å². The minimum atomic E-state index is -0.625. The summed E-state index contributed by atoms with van der Waals surface area (Å²) < 4.78 is 0. The average Bonchev–Trinajstić information content (AvgIpc) is 2.77. The van der Waals surface area contributed by atoms with Crippen molar-refractivity contribution in [1.29, 1.82) is 0 Å². The highest BCUT2D eigenvalue weighted by atomic mass is 32.2. The molecule has 1 aromatic carbocycles. The molecular formula is C13H14N2O5S. The smallest absolute Gasteiger partial charge is 0.296 e. The van der Waals surface area contributed by atoms with Crippen molar-refractivity contribution in [2.75, 3.05) is 17.2 Å². The van der Waals surface area contributed by atoms with Crippen molar-refractivity contribution in [3.63, 3.8) is 0 Å². The monoisotopic (exact) mass is 310 g/mol. The van der Waals surface area contributed by atoms with Gasteiger partial charge in [0.05, 0.1) is 11.0 Å².